The normalized spacial score (nSPS) is 14.5. The fourth-order valence-electron chi connectivity index (χ4n) is 3.49. The molecule has 0 bridgehead atoms. The standard InChI is InChI=1S/C21H23N5O3/c1-14-5-4-6-16(22-14)13-29-19-8-7-17-18(11-24(3)21(17)23-19)26-10-9-25(15(2)27)12-20(26)28/h4-8,11,27H,2,9-10,12-13H2,1,3H3. The van der Waals surface area contributed by atoms with E-state index in [0.29, 0.717) is 25.6 Å². The summed E-state index contributed by atoms with van der Waals surface area (Å²) < 4.78 is 7.70. The van der Waals surface area contributed by atoms with E-state index in [-0.39, 0.29) is 18.3 Å². The zero-order valence-corrected chi connectivity index (χ0v) is 16.5. The Balaban J connectivity index is 1.55. The van der Waals surface area contributed by atoms with E-state index in [2.05, 4.69) is 16.5 Å². The third-order valence-electron chi connectivity index (χ3n) is 4.97. The Kier molecular flexibility index (Phi) is 4.84. The summed E-state index contributed by atoms with van der Waals surface area (Å²) in [6.07, 6.45) is 1.89. The molecule has 1 N–H and O–H groups in total. The Morgan fingerprint density at radius 3 is 2.79 bits per heavy atom. The third-order valence-corrected chi connectivity index (χ3v) is 4.97. The van der Waals surface area contributed by atoms with Crippen molar-refractivity contribution in [1.29, 1.82) is 0 Å². The molecule has 1 fully saturated rings. The average Bonchev–Trinajstić information content (AvgIpc) is 3.02. The minimum atomic E-state index is -0.0928. The molecule has 8 nitrogen and oxygen atoms in total. The van der Waals surface area contributed by atoms with Crippen molar-refractivity contribution >= 4 is 22.6 Å². The predicted molar refractivity (Wildman–Crippen MR) is 110 cm³/mol. The smallest absolute Gasteiger partial charge is 0.246 e. The van der Waals surface area contributed by atoms with E-state index in [1.165, 1.54) is 0 Å². The van der Waals surface area contributed by atoms with Gasteiger partial charge in [0.1, 0.15) is 18.8 Å². The monoisotopic (exact) mass is 393 g/mol. The van der Waals surface area contributed by atoms with Crippen molar-refractivity contribution in [2.24, 2.45) is 7.05 Å². The van der Waals surface area contributed by atoms with Crippen LogP contribution in [0.4, 0.5) is 5.69 Å². The number of aryl methyl sites for hydroxylation is 2. The van der Waals surface area contributed by atoms with Gasteiger partial charge < -0.3 is 24.2 Å². The minimum Gasteiger partial charge on any atom is -0.495 e. The number of ether oxygens (including phenoxy) is 1. The lowest BCUT2D eigenvalue weighted by molar-refractivity contribution is -0.121. The maximum Gasteiger partial charge on any atom is 0.246 e. The Morgan fingerprint density at radius 1 is 1.24 bits per heavy atom. The fraction of sp³-hybridized carbons (Fsp3) is 0.286. The SMILES string of the molecule is C=C(O)N1CCN(c2cn(C)c3nc(OCc4cccc(C)n4)ccc23)C(=O)C1. The van der Waals surface area contributed by atoms with Gasteiger partial charge in [-0.1, -0.05) is 6.07 Å². The van der Waals surface area contributed by atoms with Crippen LogP contribution < -0.4 is 9.64 Å². The number of hydrogen-bond donors (Lipinski definition) is 1. The van der Waals surface area contributed by atoms with Crippen molar-refractivity contribution in [3.05, 3.63) is 60.4 Å². The highest BCUT2D eigenvalue weighted by atomic mass is 16.5. The molecule has 0 aliphatic carbocycles. The van der Waals surface area contributed by atoms with Crippen LogP contribution in [0.15, 0.2) is 49.0 Å². The van der Waals surface area contributed by atoms with Gasteiger partial charge in [0.05, 0.1) is 11.4 Å². The van der Waals surface area contributed by atoms with Crippen LogP contribution in [0.1, 0.15) is 11.4 Å². The highest BCUT2D eigenvalue weighted by Gasteiger charge is 2.28. The van der Waals surface area contributed by atoms with Crippen LogP contribution in [-0.2, 0) is 18.4 Å². The second kappa shape index (κ2) is 7.46. The summed E-state index contributed by atoms with van der Waals surface area (Å²) in [7, 11) is 1.89. The number of anilines is 1. The Labute approximate surface area is 168 Å². The molecule has 0 saturated carbocycles. The van der Waals surface area contributed by atoms with E-state index in [4.69, 9.17) is 4.74 Å². The zero-order chi connectivity index (χ0) is 20.5. The van der Waals surface area contributed by atoms with Gasteiger partial charge in [0.25, 0.3) is 0 Å². The lowest BCUT2D eigenvalue weighted by Gasteiger charge is -2.34. The van der Waals surface area contributed by atoms with Gasteiger partial charge in [-0.25, -0.2) is 0 Å². The average molecular weight is 393 g/mol. The molecule has 29 heavy (non-hydrogen) atoms. The quantitative estimate of drug-likeness (QED) is 0.671. The fourth-order valence-corrected chi connectivity index (χ4v) is 3.49. The van der Waals surface area contributed by atoms with Crippen molar-refractivity contribution in [3.8, 4) is 5.88 Å². The molecule has 4 rings (SSSR count). The van der Waals surface area contributed by atoms with Gasteiger partial charge in [0.15, 0.2) is 5.88 Å². The Hall–Kier alpha value is -3.55. The number of rotatable bonds is 5. The number of aliphatic hydroxyl groups excluding tert-OH is 1. The molecule has 0 spiro atoms. The lowest BCUT2D eigenvalue weighted by atomic mass is 10.2. The van der Waals surface area contributed by atoms with Gasteiger partial charge in [-0.3, -0.25) is 9.78 Å². The van der Waals surface area contributed by atoms with E-state index >= 15 is 0 Å². The summed E-state index contributed by atoms with van der Waals surface area (Å²) in [5, 5.41) is 10.4. The first-order chi connectivity index (χ1) is 13.9. The summed E-state index contributed by atoms with van der Waals surface area (Å²) in [6, 6.07) is 9.53. The number of fused-ring (bicyclic) bond motifs is 1. The van der Waals surface area contributed by atoms with Gasteiger partial charge in [0, 0.05) is 43.5 Å². The van der Waals surface area contributed by atoms with Gasteiger partial charge >= 0.3 is 0 Å². The second-order valence-corrected chi connectivity index (χ2v) is 7.09. The van der Waals surface area contributed by atoms with Gasteiger partial charge in [-0.05, 0) is 31.7 Å². The summed E-state index contributed by atoms with van der Waals surface area (Å²) in [6.45, 7) is 6.87. The minimum absolute atomic E-state index is 0.0810. The molecular weight excluding hydrogens is 370 g/mol. The molecule has 3 aromatic rings. The van der Waals surface area contributed by atoms with Crippen LogP contribution in [0.3, 0.4) is 0 Å². The number of piperazine rings is 1. The molecule has 8 heteroatoms. The van der Waals surface area contributed by atoms with Crippen LogP contribution in [0.5, 0.6) is 5.88 Å². The van der Waals surface area contributed by atoms with Crippen molar-refractivity contribution < 1.29 is 14.6 Å². The second-order valence-electron chi connectivity index (χ2n) is 7.09. The summed E-state index contributed by atoms with van der Waals surface area (Å²) >= 11 is 0. The first-order valence-electron chi connectivity index (χ1n) is 9.37. The molecule has 3 aromatic heterocycles. The van der Waals surface area contributed by atoms with Crippen molar-refractivity contribution in [2.45, 2.75) is 13.5 Å². The molecule has 0 unspecified atom stereocenters. The van der Waals surface area contributed by atoms with Crippen LogP contribution >= 0.6 is 0 Å². The van der Waals surface area contributed by atoms with Crippen LogP contribution in [0.2, 0.25) is 0 Å². The van der Waals surface area contributed by atoms with E-state index in [0.717, 1.165) is 28.1 Å². The highest BCUT2D eigenvalue weighted by Crippen LogP contribution is 2.30. The van der Waals surface area contributed by atoms with Gasteiger partial charge in [0.2, 0.25) is 11.8 Å². The summed E-state index contributed by atoms with van der Waals surface area (Å²) in [4.78, 5) is 24.9. The molecule has 0 atom stereocenters. The Morgan fingerprint density at radius 2 is 2.07 bits per heavy atom. The lowest BCUT2D eigenvalue weighted by Crippen LogP contribution is -2.49. The number of carbonyl (C=O) groups excluding carboxylic acids is 1. The molecular formula is C21H23N5O3. The number of nitrogens with zero attached hydrogens (tertiary/aromatic N) is 5. The molecule has 0 radical (unpaired) electrons. The van der Waals surface area contributed by atoms with Crippen LogP contribution in [-0.4, -0.2) is 50.1 Å². The van der Waals surface area contributed by atoms with E-state index < -0.39 is 0 Å². The van der Waals surface area contributed by atoms with Crippen LogP contribution in [0.25, 0.3) is 11.0 Å². The van der Waals surface area contributed by atoms with E-state index in [1.807, 2.05) is 49.0 Å². The maximum absolute atomic E-state index is 12.6. The topological polar surface area (TPSA) is 83.7 Å². The summed E-state index contributed by atoms with van der Waals surface area (Å²) in [5.74, 6) is 0.327. The van der Waals surface area contributed by atoms with Crippen molar-refractivity contribution in [2.75, 3.05) is 24.5 Å². The van der Waals surface area contributed by atoms with E-state index in [9.17, 15) is 9.90 Å². The number of aliphatic hydroxyl groups is 1. The van der Waals surface area contributed by atoms with Gasteiger partial charge in [-0.2, -0.15) is 4.98 Å². The number of amides is 1. The van der Waals surface area contributed by atoms with E-state index in [1.54, 1.807) is 15.9 Å². The molecule has 1 aliphatic rings. The summed E-state index contributed by atoms with van der Waals surface area (Å²) in [5.41, 5.74) is 3.32. The molecule has 1 amide bonds. The number of pyridine rings is 2. The highest BCUT2D eigenvalue weighted by molar-refractivity contribution is 6.04. The third kappa shape index (κ3) is 3.73. The molecule has 4 heterocycles. The Bertz CT molecular complexity index is 1090. The first-order valence-corrected chi connectivity index (χ1v) is 9.37. The van der Waals surface area contributed by atoms with Gasteiger partial charge in [-0.15, -0.1) is 0 Å². The number of carbonyl (C=O) groups is 1. The molecule has 1 saturated heterocycles. The van der Waals surface area contributed by atoms with Crippen molar-refractivity contribution in [3.63, 3.8) is 0 Å². The number of hydrogen-bond acceptors (Lipinski definition) is 6. The van der Waals surface area contributed by atoms with Crippen molar-refractivity contribution in [1.82, 2.24) is 19.4 Å². The maximum atomic E-state index is 12.6. The number of aromatic nitrogens is 3. The molecule has 150 valence electrons. The molecule has 1 aliphatic heterocycles. The van der Waals surface area contributed by atoms with Crippen LogP contribution in [0, 0.1) is 6.92 Å². The zero-order valence-electron chi connectivity index (χ0n) is 16.5. The first kappa shape index (κ1) is 18.8. The largest absolute Gasteiger partial charge is 0.495 e. The molecule has 0 aromatic carbocycles. The predicted octanol–water partition coefficient (Wildman–Crippen LogP) is 2.53.